The zero-order valence-electron chi connectivity index (χ0n) is 3.09. The van der Waals surface area contributed by atoms with Gasteiger partial charge < -0.3 is 15.7 Å². The minimum absolute atomic E-state index is 0.296. The van der Waals surface area contributed by atoms with Crippen molar-refractivity contribution in [1.82, 2.24) is 5.48 Å². The van der Waals surface area contributed by atoms with E-state index in [4.69, 9.17) is 10.9 Å². The minimum atomic E-state index is -0.315. The minimum Gasteiger partial charge on any atom is -0.335 e. The van der Waals surface area contributed by atoms with Crippen LogP contribution in [0, 0.1) is 0 Å². The second-order valence-corrected chi connectivity index (χ2v) is 1.15. The molecular weight excluding hydrogens is 84.0 g/mol. The van der Waals surface area contributed by atoms with Crippen molar-refractivity contribution in [2.45, 2.75) is 12.5 Å². The molecule has 1 aliphatic heterocycles. The standard InChI is InChI=1S/C2H6N2O2/c3-1-2(4-5)6-1/h1-2,4-5H,3H2. The van der Waals surface area contributed by atoms with E-state index in [9.17, 15) is 0 Å². The summed E-state index contributed by atoms with van der Waals surface area (Å²) in [5.41, 5.74) is 6.87. The molecule has 0 amide bonds. The molecule has 0 saturated carbocycles. The van der Waals surface area contributed by atoms with Gasteiger partial charge in [-0.05, 0) is 0 Å². The number of epoxide rings is 1. The molecular formula is C2H6N2O2. The monoisotopic (exact) mass is 90.0 g/mol. The van der Waals surface area contributed by atoms with E-state index < -0.39 is 0 Å². The molecule has 36 valence electrons. The molecule has 1 fully saturated rings. The van der Waals surface area contributed by atoms with Gasteiger partial charge in [0.05, 0.1) is 0 Å². The molecule has 6 heavy (non-hydrogen) atoms. The Kier molecular flexibility index (Phi) is 0.776. The molecule has 4 N–H and O–H groups in total. The maximum atomic E-state index is 7.92. The highest BCUT2D eigenvalue weighted by molar-refractivity contribution is 4.71. The first-order valence-electron chi connectivity index (χ1n) is 1.65. The number of nitrogens with one attached hydrogen (secondary N) is 1. The summed E-state index contributed by atoms with van der Waals surface area (Å²) in [6.45, 7) is 0. The van der Waals surface area contributed by atoms with Crippen LogP contribution in [0.2, 0.25) is 0 Å². The largest absolute Gasteiger partial charge is 0.335 e. The molecule has 2 unspecified atom stereocenters. The first kappa shape index (κ1) is 4.01. The zero-order valence-corrected chi connectivity index (χ0v) is 3.09. The van der Waals surface area contributed by atoms with E-state index in [2.05, 4.69) is 4.74 Å². The molecule has 0 aliphatic carbocycles. The Morgan fingerprint density at radius 2 is 2.33 bits per heavy atom. The number of nitrogens with two attached hydrogens (primary N) is 1. The molecule has 0 radical (unpaired) electrons. The molecule has 0 spiro atoms. The first-order chi connectivity index (χ1) is 2.84. The predicted molar refractivity (Wildman–Crippen MR) is 17.8 cm³/mol. The number of hydrogen-bond donors (Lipinski definition) is 3. The van der Waals surface area contributed by atoms with Crippen molar-refractivity contribution in [2.75, 3.05) is 0 Å². The van der Waals surface area contributed by atoms with E-state index >= 15 is 0 Å². The fourth-order valence-electron chi connectivity index (χ4n) is 0.228. The van der Waals surface area contributed by atoms with Gasteiger partial charge in [0, 0.05) is 0 Å². The molecule has 1 rings (SSSR count). The summed E-state index contributed by atoms with van der Waals surface area (Å²) in [6.07, 6.45) is -0.611. The summed E-state index contributed by atoms with van der Waals surface area (Å²) in [7, 11) is 0. The summed E-state index contributed by atoms with van der Waals surface area (Å²) < 4.78 is 4.48. The lowest BCUT2D eigenvalue weighted by Crippen LogP contribution is -2.18. The lowest BCUT2D eigenvalue weighted by Gasteiger charge is -1.78. The van der Waals surface area contributed by atoms with Gasteiger partial charge in [-0.1, -0.05) is 0 Å². The van der Waals surface area contributed by atoms with E-state index in [-0.39, 0.29) is 12.5 Å². The van der Waals surface area contributed by atoms with Gasteiger partial charge in [0.1, 0.15) is 6.23 Å². The van der Waals surface area contributed by atoms with E-state index in [1.165, 1.54) is 0 Å². The van der Waals surface area contributed by atoms with Crippen LogP contribution in [0.15, 0.2) is 0 Å². The predicted octanol–water partition coefficient (Wildman–Crippen LogP) is -1.39. The molecule has 0 aromatic carbocycles. The molecule has 1 aliphatic rings. The van der Waals surface area contributed by atoms with Gasteiger partial charge in [-0.3, -0.25) is 0 Å². The second-order valence-electron chi connectivity index (χ2n) is 1.15. The van der Waals surface area contributed by atoms with Gasteiger partial charge in [-0.15, -0.1) is 0 Å². The van der Waals surface area contributed by atoms with Gasteiger partial charge in [-0.25, -0.2) is 0 Å². The van der Waals surface area contributed by atoms with Crippen molar-refractivity contribution in [3.8, 4) is 0 Å². The van der Waals surface area contributed by atoms with Gasteiger partial charge in [0.25, 0.3) is 0 Å². The van der Waals surface area contributed by atoms with Gasteiger partial charge in [-0.2, -0.15) is 5.48 Å². The van der Waals surface area contributed by atoms with Crippen LogP contribution in [0.1, 0.15) is 0 Å². The van der Waals surface area contributed by atoms with E-state index in [0.717, 1.165) is 0 Å². The van der Waals surface area contributed by atoms with Crippen molar-refractivity contribution in [3.63, 3.8) is 0 Å². The summed E-state index contributed by atoms with van der Waals surface area (Å²) in [6, 6.07) is 0. The lowest BCUT2D eigenvalue weighted by molar-refractivity contribution is 0.119. The number of hydroxylamine groups is 1. The number of hydrogen-bond acceptors (Lipinski definition) is 4. The second kappa shape index (κ2) is 1.16. The smallest absolute Gasteiger partial charge is 0.171 e. The average Bonchev–Trinajstić information content (AvgIpc) is 2.19. The summed E-state index contributed by atoms with van der Waals surface area (Å²) in [4.78, 5) is 0. The van der Waals surface area contributed by atoms with Crippen LogP contribution in [0.25, 0.3) is 0 Å². The Labute approximate surface area is 34.8 Å². The topological polar surface area (TPSA) is 70.8 Å². The van der Waals surface area contributed by atoms with Gasteiger partial charge in [0.2, 0.25) is 0 Å². The van der Waals surface area contributed by atoms with Crippen molar-refractivity contribution in [1.29, 1.82) is 0 Å². The normalized spacial score (nSPS) is 43.0. The summed E-state index contributed by atoms with van der Waals surface area (Å²) in [5.74, 6) is 0. The highest BCUT2D eigenvalue weighted by Gasteiger charge is 2.34. The van der Waals surface area contributed by atoms with Crippen LogP contribution in [0.4, 0.5) is 0 Å². The fourth-order valence-corrected chi connectivity index (χ4v) is 0.228. The van der Waals surface area contributed by atoms with Gasteiger partial charge in [0.15, 0.2) is 6.23 Å². The van der Waals surface area contributed by atoms with Crippen LogP contribution in [-0.2, 0) is 4.74 Å². The molecule has 1 heterocycles. The summed E-state index contributed by atoms with van der Waals surface area (Å²) >= 11 is 0. The third kappa shape index (κ3) is 0.504. The van der Waals surface area contributed by atoms with Crippen LogP contribution in [-0.4, -0.2) is 17.7 Å². The quantitative estimate of drug-likeness (QED) is 0.274. The number of rotatable bonds is 1. The van der Waals surface area contributed by atoms with Crippen molar-refractivity contribution >= 4 is 0 Å². The van der Waals surface area contributed by atoms with Crippen LogP contribution >= 0.6 is 0 Å². The lowest BCUT2D eigenvalue weighted by atomic mass is 10.7. The van der Waals surface area contributed by atoms with Crippen molar-refractivity contribution < 1.29 is 9.94 Å². The van der Waals surface area contributed by atoms with E-state index in [1.807, 2.05) is 5.48 Å². The third-order valence-electron chi connectivity index (χ3n) is 0.653. The molecule has 0 aromatic heterocycles. The number of ether oxygens (including phenoxy) is 1. The van der Waals surface area contributed by atoms with Crippen LogP contribution in [0.5, 0.6) is 0 Å². The third-order valence-corrected chi connectivity index (χ3v) is 0.653. The Morgan fingerprint density at radius 3 is 2.33 bits per heavy atom. The first-order valence-corrected chi connectivity index (χ1v) is 1.65. The molecule has 4 nitrogen and oxygen atoms in total. The van der Waals surface area contributed by atoms with Crippen molar-refractivity contribution in [3.05, 3.63) is 0 Å². The maximum Gasteiger partial charge on any atom is 0.171 e. The van der Waals surface area contributed by atoms with E-state index in [1.54, 1.807) is 0 Å². The molecule has 1 saturated heterocycles. The Balaban J connectivity index is 2.09. The highest BCUT2D eigenvalue weighted by Crippen LogP contribution is 2.09. The zero-order chi connectivity index (χ0) is 4.57. The fraction of sp³-hybridized carbons (Fsp3) is 1.00. The Bertz CT molecular complexity index is 55.5. The molecule has 0 aromatic rings. The van der Waals surface area contributed by atoms with E-state index in [0.29, 0.717) is 0 Å². The van der Waals surface area contributed by atoms with Crippen LogP contribution in [0.3, 0.4) is 0 Å². The van der Waals surface area contributed by atoms with Crippen molar-refractivity contribution in [2.24, 2.45) is 5.73 Å². The highest BCUT2D eigenvalue weighted by atomic mass is 16.7. The SMILES string of the molecule is NC1OC1NO. The maximum absolute atomic E-state index is 7.92. The van der Waals surface area contributed by atoms with Gasteiger partial charge >= 0.3 is 0 Å². The van der Waals surface area contributed by atoms with Crippen LogP contribution < -0.4 is 11.2 Å². The molecule has 4 heteroatoms. The molecule has 0 bridgehead atoms. The molecule has 2 atom stereocenters. The Hall–Kier alpha value is -0.160. The average molecular weight is 90.1 g/mol. The summed E-state index contributed by atoms with van der Waals surface area (Å²) in [5, 5.41) is 7.92. The Morgan fingerprint density at radius 1 is 1.83 bits per heavy atom.